The first kappa shape index (κ1) is 67.1. The summed E-state index contributed by atoms with van der Waals surface area (Å²) in [5.41, 5.74) is 0. The molecule has 406 valence electrons. The standard InChI is InChI=1S/C64H114O6/c1-4-7-10-13-16-19-22-24-26-27-28-29-30-31-32-33-34-35-36-37-38-40-42-45-48-51-54-57-63(66)69-60-61(59-68-62(65)56-53-50-47-44-41-21-18-15-12-9-6-3)70-64(67)58-55-52-49-46-43-39-25-23-20-17-14-11-8-5-2/h7,10,16,19,23-26,28-29,61H,4-6,8-9,11-15,17-18,20-22,27,30-60H2,1-3H3/b10-7-,19-16-,25-23-,26-24-,29-28-. The Balaban J connectivity index is 4.19. The number of unbranched alkanes of at least 4 members (excludes halogenated alkanes) is 34. The van der Waals surface area contributed by atoms with Crippen LogP contribution in [0.4, 0.5) is 0 Å². The second kappa shape index (κ2) is 58.7. The van der Waals surface area contributed by atoms with Gasteiger partial charge >= 0.3 is 17.9 Å². The highest BCUT2D eigenvalue weighted by Crippen LogP contribution is 2.16. The van der Waals surface area contributed by atoms with E-state index in [-0.39, 0.29) is 31.1 Å². The van der Waals surface area contributed by atoms with Crippen LogP contribution in [0.5, 0.6) is 0 Å². The molecule has 0 rings (SSSR count). The van der Waals surface area contributed by atoms with Crippen LogP contribution in [-0.4, -0.2) is 37.2 Å². The fourth-order valence-corrected chi connectivity index (χ4v) is 8.72. The maximum absolute atomic E-state index is 12.8. The normalized spacial score (nSPS) is 12.4. The van der Waals surface area contributed by atoms with Crippen molar-refractivity contribution in [2.24, 2.45) is 0 Å². The maximum Gasteiger partial charge on any atom is 0.306 e. The molecule has 0 aromatic carbocycles. The lowest BCUT2D eigenvalue weighted by molar-refractivity contribution is -0.167. The third-order valence-corrected chi connectivity index (χ3v) is 13.3. The summed E-state index contributed by atoms with van der Waals surface area (Å²) in [4.78, 5) is 38.1. The molecule has 6 nitrogen and oxygen atoms in total. The van der Waals surface area contributed by atoms with Crippen LogP contribution < -0.4 is 0 Å². The maximum atomic E-state index is 12.8. The van der Waals surface area contributed by atoms with Gasteiger partial charge in [0, 0.05) is 19.3 Å². The third kappa shape index (κ3) is 56.0. The molecular formula is C64H114O6. The van der Waals surface area contributed by atoms with E-state index in [2.05, 4.69) is 81.5 Å². The number of carbonyl (C=O) groups is 3. The molecule has 0 amide bonds. The number of ether oxygens (including phenoxy) is 3. The van der Waals surface area contributed by atoms with Crippen LogP contribution in [0.1, 0.15) is 310 Å². The highest BCUT2D eigenvalue weighted by molar-refractivity contribution is 5.71. The van der Waals surface area contributed by atoms with Crippen LogP contribution in [0, 0.1) is 0 Å². The van der Waals surface area contributed by atoms with Gasteiger partial charge in [0.1, 0.15) is 13.2 Å². The summed E-state index contributed by atoms with van der Waals surface area (Å²) in [5.74, 6) is -0.870. The number of carbonyl (C=O) groups excluding carboxylic acids is 3. The van der Waals surface area contributed by atoms with Crippen LogP contribution in [0.3, 0.4) is 0 Å². The number of rotatable bonds is 55. The molecule has 0 saturated carbocycles. The molecule has 0 aliphatic carbocycles. The van der Waals surface area contributed by atoms with Crippen LogP contribution in [-0.2, 0) is 28.6 Å². The molecule has 0 radical (unpaired) electrons. The van der Waals surface area contributed by atoms with Crippen molar-refractivity contribution in [1.29, 1.82) is 0 Å². The Bertz CT molecular complexity index is 1260. The summed E-state index contributed by atoms with van der Waals surface area (Å²) >= 11 is 0. The largest absolute Gasteiger partial charge is 0.462 e. The molecule has 0 aliphatic heterocycles. The molecule has 1 unspecified atom stereocenters. The Morgan fingerprint density at radius 2 is 0.557 bits per heavy atom. The molecule has 70 heavy (non-hydrogen) atoms. The van der Waals surface area contributed by atoms with E-state index in [9.17, 15) is 14.4 Å². The molecule has 0 aliphatic rings. The van der Waals surface area contributed by atoms with E-state index in [1.807, 2.05) is 0 Å². The minimum absolute atomic E-state index is 0.0735. The predicted octanol–water partition coefficient (Wildman–Crippen LogP) is 20.4. The highest BCUT2D eigenvalue weighted by atomic mass is 16.6. The smallest absolute Gasteiger partial charge is 0.306 e. The van der Waals surface area contributed by atoms with Gasteiger partial charge in [-0.25, -0.2) is 0 Å². The van der Waals surface area contributed by atoms with Crippen molar-refractivity contribution in [3.8, 4) is 0 Å². The fraction of sp³-hybridized carbons (Fsp3) is 0.797. The topological polar surface area (TPSA) is 78.9 Å². The minimum Gasteiger partial charge on any atom is -0.462 e. The van der Waals surface area contributed by atoms with Gasteiger partial charge in [0.2, 0.25) is 0 Å². The van der Waals surface area contributed by atoms with Crippen molar-refractivity contribution in [3.63, 3.8) is 0 Å². The summed E-state index contributed by atoms with van der Waals surface area (Å²) in [7, 11) is 0. The monoisotopic (exact) mass is 979 g/mol. The van der Waals surface area contributed by atoms with Gasteiger partial charge in [0.05, 0.1) is 0 Å². The number of allylic oxidation sites excluding steroid dienone is 10. The van der Waals surface area contributed by atoms with E-state index in [0.29, 0.717) is 19.3 Å². The summed E-state index contributed by atoms with van der Waals surface area (Å²) in [6.45, 7) is 6.53. The van der Waals surface area contributed by atoms with Crippen LogP contribution >= 0.6 is 0 Å². The lowest BCUT2D eigenvalue weighted by Gasteiger charge is -2.18. The van der Waals surface area contributed by atoms with Crippen molar-refractivity contribution in [2.45, 2.75) is 316 Å². The molecule has 0 spiro atoms. The van der Waals surface area contributed by atoms with Crippen molar-refractivity contribution in [2.75, 3.05) is 13.2 Å². The zero-order chi connectivity index (χ0) is 50.7. The number of hydrogen-bond donors (Lipinski definition) is 0. The summed E-state index contributed by atoms with van der Waals surface area (Å²) in [6, 6.07) is 0. The van der Waals surface area contributed by atoms with Crippen molar-refractivity contribution in [3.05, 3.63) is 60.8 Å². The first-order valence-electron chi connectivity index (χ1n) is 30.3. The minimum atomic E-state index is -0.775. The molecule has 0 bridgehead atoms. The van der Waals surface area contributed by atoms with E-state index in [4.69, 9.17) is 14.2 Å². The molecule has 0 N–H and O–H groups in total. The number of hydrogen-bond acceptors (Lipinski definition) is 6. The van der Waals surface area contributed by atoms with Gasteiger partial charge in [-0.3, -0.25) is 14.4 Å². The molecule has 0 fully saturated rings. The SMILES string of the molecule is CC/C=C\C/C=C\C/C=C\C/C=C\CCCCCCCCCCCCCCCCC(=O)OCC(COC(=O)CCCCCCCCCCCCC)OC(=O)CCCCCCC/C=C\CCCCCCC. The fourth-order valence-electron chi connectivity index (χ4n) is 8.72. The first-order chi connectivity index (χ1) is 34.5. The quantitative estimate of drug-likeness (QED) is 0.0261. The summed E-state index contributed by atoms with van der Waals surface area (Å²) < 4.78 is 16.9. The Morgan fingerprint density at radius 3 is 0.886 bits per heavy atom. The van der Waals surface area contributed by atoms with Gasteiger partial charge in [-0.05, 0) is 83.5 Å². The van der Waals surface area contributed by atoms with Gasteiger partial charge in [-0.15, -0.1) is 0 Å². The second-order valence-corrected chi connectivity index (χ2v) is 20.2. The van der Waals surface area contributed by atoms with E-state index in [0.717, 1.165) is 89.9 Å². The number of esters is 3. The summed E-state index contributed by atoms with van der Waals surface area (Å²) in [5, 5.41) is 0. The Morgan fingerprint density at radius 1 is 0.300 bits per heavy atom. The molecular weight excluding hydrogens is 865 g/mol. The van der Waals surface area contributed by atoms with E-state index in [1.165, 1.54) is 180 Å². The van der Waals surface area contributed by atoms with Crippen molar-refractivity contribution in [1.82, 2.24) is 0 Å². The van der Waals surface area contributed by atoms with Gasteiger partial charge < -0.3 is 14.2 Å². The first-order valence-corrected chi connectivity index (χ1v) is 30.3. The van der Waals surface area contributed by atoms with Crippen LogP contribution in [0.15, 0.2) is 60.8 Å². The lowest BCUT2D eigenvalue weighted by atomic mass is 10.0. The van der Waals surface area contributed by atoms with E-state index < -0.39 is 6.10 Å². The Kier molecular flexibility index (Phi) is 56.3. The van der Waals surface area contributed by atoms with Gasteiger partial charge in [0.15, 0.2) is 6.10 Å². The molecule has 0 saturated heterocycles. The van der Waals surface area contributed by atoms with Gasteiger partial charge in [-0.2, -0.15) is 0 Å². The van der Waals surface area contributed by atoms with Crippen molar-refractivity contribution >= 4 is 17.9 Å². The highest BCUT2D eigenvalue weighted by Gasteiger charge is 2.19. The third-order valence-electron chi connectivity index (χ3n) is 13.3. The molecule has 1 atom stereocenters. The zero-order valence-corrected chi connectivity index (χ0v) is 46.5. The molecule has 0 aromatic rings. The predicted molar refractivity (Wildman–Crippen MR) is 302 cm³/mol. The Hall–Kier alpha value is -2.89. The average Bonchev–Trinajstić information content (AvgIpc) is 3.36. The second-order valence-electron chi connectivity index (χ2n) is 20.2. The zero-order valence-electron chi connectivity index (χ0n) is 46.5. The molecule has 6 heteroatoms. The average molecular weight is 980 g/mol. The van der Waals surface area contributed by atoms with Crippen LogP contribution in [0.25, 0.3) is 0 Å². The Labute approximate surface area is 434 Å². The van der Waals surface area contributed by atoms with Crippen molar-refractivity contribution < 1.29 is 28.6 Å². The lowest BCUT2D eigenvalue weighted by Crippen LogP contribution is -2.30. The van der Waals surface area contributed by atoms with E-state index in [1.54, 1.807) is 0 Å². The van der Waals surface area contributed by atoms with Gasteiger partial charge in [-0.1, -0.05) is 268 Å². The van der Waals surface area contributed by atoms with E-state index >= 15 is 0 Å². The molecule has 0 aromatic heterocycles. The van der Waals surface area contributed by atoms with Crippen LogP contribution in [0.2, 0.25) is 0 Å². The van der Waals surface area contributed by atoms with Gasteiger partial charge in [0.25, 0.3) is 0 Å². The molecule has 0 heterocycles. The summed E-state index contributed by atoms with van der Waals surface area (Å²) in [6.07, 6.45) is 73.7.